The summed E-state index contributed by atoms with van der Waals surface area (Å²) < 4.78 is 0.975. The van der Waals surface area contributed by atoms with Crippen LogP contribution in [0, 0.1) is 0 Å². The number of nitrogens with zero attached hydrogens (tertiary/aromatic N) is 1. The number of amides is 2. The van der Waals surface area contributed by atoms with E-state index in [4.69, 9.17) is 17.3 Å². The molecule has 5 nitrogen and oxygen atoms in total. The van der Waals surface area contributed by atoms with Crippen molar-refractivity contribution in [2.45, 2.75) is 23.5 Å². The van der Waals surface area contributed by atoms with Crippen LogP contribution in [0.3, 0.4) is 0 Å². The van der Waals surface area contributed by atoms with Gasteiger partial charge in [-0.1, -0.05) is 75.7 Å². The zero-order valence-corrected chi connectivity index (χ0v) is 19.1. The van der Waals surface area contributed by atoms with Crippen molar-refractivity contribution in [1.82, 2.24) is 10.6 Å². The summed E-state index contributed by atoms with van der Waals surface area (Å²) >= 11 is 11.6. The molecule has 0 spiro atoms. The molecule has 1 aliphatic rings. The highest BCUT2D eigenvalue weighted by atomic mass is 79.9. The van der Waals surface area contributed by atoms with Crippen LogP contribution in [0.15, 0.2) is 76.1 Å². The van der Waals surface area contributed by atoms with Crippen LogP contribution in [0.1, 0.15) is 11.1 Å². The second kappa shape index (κ2) is 9.31. The first-order valence-electron chi connectivity index (χ1n) is 9.38. The molecule has 0 saturated heterocycles. The Kier molecular flexibility index (Phi) is 6.53. The van der Waals surface area contributed by atoms with Gasteiger partial charge in [0.15, 0.2) is 5.50 Å². The largest absolute Gasteiger partial charge is 0.334 e. The topological polar surface area (TPSA) is 70.4 Å². The minimum Gasteiger partial charge on any atom is -0.334 e. The number of urea groups is 1. The Morgan fingerprint density at radius 2 is 1.93 bits per heavy atom. The zero-order valence-electron chi connectivity index (χ0n) is 15.9. The van der Waals surface area contributed by atoms with Crippen molar-refractivity contribution in [3.63, 3.8) is 0 Å². The highest BCUT2D eigenvalue weighted by Gasteiger charge is 2.34. The SMILES string of the molecule is NCc1cccc(Cl)c1N1c2ccccc2SC1NC(=O)NCc1cccc(Br)c1. The molecule has 4 N–H and O–H groups in total. The summed E-state index contributed by atoms with van der Waals surface area (Å²) in [4.78, 5) is 15.8. The quantitative estimate of drug-likeness (QED) is 0.425. The fourth-order valence-electron chi connectivity index (χ4n) is 3.37. The van der Waals surface area contributed by atoms with Crippen LogP contribution >= 0.6 is 39.3 Å². The van der Waals surface area contributed by atoms with Crippen LogP contribution in [0.4, 0.5) is 16.2 Å². The first-order chi connectivity index (χ1) is 14.6. The summed E-state index contributed by atoms with van der Waals surface area (Å²) in [7, 11) is 0. The molecule has 0 aromatic heterocycles. The van der Waals surface area contributed by atoms with Gasteiger partial charge in [0.1, 0.15) is 0 Å². The van der Waals surface area contributed by atoms with Gasteiger partial charge in [0.2, 0.25) is 0 Å². The molecule has 1 atom stereocenters. The van der Waals surface area contributed by atoms with Crippen molar-refractivity contribution in [2.24, 2.45) is 5.73 Å². The molecule has 154 valence electrons. The zero-order chi connectivity index (χ0) is 21.1. The van der Waals surface area contributed by atoms with E-state index in [0.29, 0.717) is 18.1 Å². The highest BCUT2D eigenvalue weighted by Crippen LogP contribution is 2.49. The minimum absolute atomic E-state index is 0.258. The molecule has 2 amide bonds. The predicted molar refractivity (Wildman–Crippen MR) is 127 cm³/mol. The van der Waals surface area contributed by atoms with Crippen LogP contribution in [-0.2, 0) is 13.1 Å². The molecule has 0 fully saturated rings. The molecule has 4 rings (SSSR count). The molecule has 8 heteroatoms. The van der Waals surface area contributed by atoms with Crippen molar-refractivity contribution in [3.8, 4) is 0 Å². The molecule has 1 heterocycles. The first kappa shape index (κ1) is 21.1. The number of thioether (sulfide) groups is 1. The van der Waals surface area contributed by atoms with Crippen molar-refractivity contribution in [3.05, 3.63) is 87.4 Å². The van der Waals surface area contributed by atoms with E-state index in [1.807, 2.05) is 71.6 Å². The summed E-state index contributed by atoms with van der Waals surface area (Å²) in [6.07, 6.45) is 0. The van der Waals surface area contributed by atoms with Gasteiger partial charge in [0.05, 0.1) is 16.4 Å². The second-order valence-corrected chi connectivity index (χ2v) is 9.16. The minimum atomic E-state index is -0.352. The molecule has 1 aliphatic heterocycles. The van der Waals surface area contributed by atoms with E-state index in [0.717, 1.165) is 31.9 Å². The fourth-order valence-corrected chi connectivity index (χ4v) is 5.28. The Balaban J connectivity index is 1.57. The Morgan fingerprint density at radius 1 is 1.13 bits per heavy atom. The van der Waals surface area contributed by atoms with Gasteiger partial charge in [-0.15, -0.1) is 0 Å². The number of anilines is 2. The maximum atomic E-state index is 12.7. The van der Waals surface area contributed by atoms with Crippen molar-refractivity contribution >= 4 is 56.7 Å². The van der Waals surface area contributed by atoms with E-state index in [-0.39, 0.29) is 11.5 Å². The average molecular weight is 504 g/mol. The molecule has 1 unspecified atom stereocenters. The molecular weight excluding hydrogens is 484 g/mol. The van der Waals surface area contributed by atoms with Gasteiger partial charge in [-0.2, -0.15) is 0 Å². The highest BCUT2D eigenvalue weighted by molar-refractivity contribution is 9.10. The third kappa shape index (κ3) is 4.44. The number of para-hydroxylation sites is 2. The maximum absolute atomic E-state index is 12.7. The molecule has 30 heavy (non-hydrogen) atoms. The lowest BCUT2D eigenvalue weighted by Crippen LogP contribution is -2.46. The lowest BCUT2D eigenvalue weighted by Gasteiger charge is -2.30. The smallest absolute Gasteiger partial charge is 0.317 e. The van der Waals surface area contributed by atoms with Gasteiger partial charge >= 0.3 is 6.03 Å². The van der Waals surface area contributed by atoms with E-state index in [9.17, 15) is 4.79 Å². The van der Waals surface area contributed by atoms with Crippen LogP contribution in [0.5, 0.6) is 0 Å². The first-order valence-corrected chi connectivity index (χ1v) is 11.4. The van der Waals surface area contributed by atoms with Crippen LogP contribution in [-0.4, -0.2) is 11.5 Å². The number of nitrogens with two attached hydrogens (primary N) is 1. The Labute approximate surface area is 193 Å². The molecule has 3 aromatic carbocycles. The third-order valence-corrected chi connectivity index (χ3v) is 6.68. The van der Waals surface area contributed by atoms with Crippen LogP contribution < -0.4 is 21.3 Å². The average Bonchev–Trinajstić information content (AvgIpc) is 3.09. The summed E-state index contributed by atoms with van der Waals surface area (Å²) in [5.41, 5.74) is 9.36. The molecule has 0 radical (unpaired) electrons. The molecule has 0 bridgehead atoms. The number of benzene rings is 3. The molecule has 3 aromatic rings. The Morgan fingerprint density at radius 3 is 2.73 bits per heavy atom. The van der Waals surface area contributed by atoms with Gasteiger partial charge < -0.3 is 21.3 Å². The van der Waals surface area contributed by atoms with Crippen molar-refractivity contribution in [1.29, 1.82) is 0 Å². The molecular formula is C22H20BrClN4OS. The number of halogens is 2. The molecule has 0 aliphatic carbocycles. The normalized spacial score (nSPS) is 15.0. The number of hydrogen-bond donors (Lipinski definition) is 3. The summed E-state index contributed by atoms with van der Waals surface area (Å²) in [5, 5.41) is 6.59. The third-order valence-electron chi connectivity index (χ3n) is 4.73. The standard InChI is InChI=1S/C22H20BrClN4OS/c23-16-7-3-5-14(11-16)13-26-21(29)27-22-28(18-9-1-2-10-19(18)30-22)20-15(12-25)6-4-8-17(20)24/h1-11,22H,12-13,25H2,(H2,26,27,29). The number of nitrogens with one attached hydrogen (secondary N) is 2. The number of carbonyl (C=O) groups excluding carboxylic acids is 1. The maximum Gasteiger partial charge on any atom is 0.317 e. The van der Waals surface area contributed by atoms with Gasteiger partial charge in [-0.3, -0.25) is 0 Å². The number of rotatable bonds is 5. The fraction of sp³-hybridized carbons (Fsp3) is 0.136. The molecule has 0 saturated carbocycles. The predicted octanol–water partition coefficient (Wildman–Crippen LogP) is 5.59. The van der Waals surface area contributed by atoms with Gasteiger partial charge in [-0.25, -0.2) is 4.79 Å². The van der Waals surface area contributed by atoms with E-state index in [2.05, 4.69) is 26.6 Å². The van der Waals surface area contributed by atoms with Gasteiger partial charge in [0.25, 0.3) is 0 Å². The van der Waals surface area contributed by atoms with Crippen LogP contribution in [0.25, 0.3) is 0 Å². The van der Waals surface area contributed by atoms with Crippen molar-refractivity contribution < 1.29 is 4.79 Å². The Bertz CT molecular complexity index is 1080. The number of hydrogen-bond acceptors (Lipinski definition) is 4. The monoisotopic (exact) mass is 502 g/mol. The van der Waals surface area contributed by atoms with E-state index >= 15 is 0 Å². The number of carbonyl (C=O) groups is 1. The van der Waals surface area contributed by atoms with Crippen LogP contribution in [0.2, 0.25) is 5.02 Å². The van der Waals surface area contributed by atoms with Crippen molar-refractivity contribution in [2.75, 3.05) is 4.90 Å². The van der Waals surface area contributed by atoms with E-state index < -0.39 is 0 Å². The van der Waals surface area contributed by atoms with E-state index in [1.165, 1.54) is 0 Å². The summed E-state index contributed by atoms with van der Waals surface area (Å²) in [6.45, 7) is 0.775. The summed E-state index contributed by atoms with van der Waals surface area (Å²) in [5.74, 6) is 0. The lowest BCUT2D eigenvalue weighted by molar-refractivity contribution is 0.240. The Hall–Kier alpha value is -2.19. The lowest BCUT2D eigenvalue weighted by atomic mass is 10.1. The van der Waals surface area contributed by atoms with E-state index in [1.54, 1.807) is 11.8 Å². The summed E-state index contributed by atoms with van der Waals surface area (Å²) in [6, 6.07) is 21.3. The second-order valence-electron chi connectivity index (χ2n) is 6.72. The van der Waals surface area contributed by atoms with Gasteiger partial charge in [0, 0.05) is 22.5 Å². The number of fused-ring (bicyclic) bond motifs is 1. The van der Waals surface area contributed by atoms with Gasteiger partial charge in [-0.05, 0) is 41.5 Å².